The monoisotopic (exact) mass is 364 g/mol. The van der Waals surface area contributed by atoms with Crippen LogP contribution in [0.2, 0.25) is 10.0 Å². The predicted octanol–water partition coefficient (Wildman–Crippen LogP) is 3.90. The lowest BCUT2D eigenvalue weighted by molar-refractivity contribution is -0.111. The zero-order valence-corrected chi connectivity index (χ0v) is 13.9. The molecule has 0 unspecified atom stereocenters. The first-order valence-corrected chi connectivity index (χ1v) is 8.07. The number of amides is 1. The summed E-state index contributed by atoms with van der Waals surface area (Å²) in [6.45, 7) is 0. The average molecular weight is 365 g/mol. The van der Waals surface area contributed by atoms with E-state index in [0.717, 1.165) is 10.2 Å². The molecule has 3 aromatic rings. The highest BCUT2D eigenvalue weighted by molar-refractivity contribution is 7.21. The Hall–Kier alpha value is -2.15. The average Bonchev–Trinajstić information content (AvgIpc) is 2.93. The summed E-state index contributed by atoms with van der Waals surface area (Å²) < 4.78 is 0.937. The van der Waals surface area contributed by atoms with Crippen LogP contribution in [0.4, 0.5) is 5.69 Å². The third-order valence-corrected chi connectivity index (χ3v) is 4.65. The summed E-state index contributed by atoms with van der Waals surface area (Å²) >= 11 is 13.4. The maximum absolute atomic E-state index is 11.7. The number of para-hydroxylation sites is 2. The van der Waals surface area contributed by atoms with Crippen LogP contribution in [0, 0.1) is 0 Å². The lowest BCUT2D eigenvalue weighted by Gasteiger charge is -2.06. The Kier molecular flexibility index (Phi) is 4.47. The van der Waals surface area contributed by atoms with Gasteiger partial charge in [0.05, 0.1) is 25.9 Å². The van der Waals surface area contributed by atoms with E-state index in [1.165, 1.54) is 11.3 Å². The maximum Gasteiger partial charge on any atom is 0.272 e. The van der Waals surface area contributed by atoms with Crippen molar-refractivity contribution in [3.63, 3.8) is 0 Å². The van der Waals surface area contributed by atoms with E-state index in [1.807, 2.05) is 24.3 Å². The van der Waals surface area contributed by atoms with Crippen LogP contribution in [-0.2, 0) is 4.79 Å². The van der Waals surface area contributed by atoms with Crippen LogP contribution in [0.25, 0.3) is 10.2 Å². The minimum absolute atomic E-state index is 0.0159. The van der Waals surface area contributed by atoms with Crippen molar-refractivity contribution < 1.29 is 4.79 Å². The SMILES string of the molecule is NC(=O)C(=NNc1c(Cl)cccc1Cl)c1nc2ccccc2s1. The second-order valence-corrected chi connectivity index (χ2v) is 6.36. The fraction of sp³-hybridized carbons (Fsp3) is 0. The molecule has 116 valence electrons. The van der Waals surface area contributed by atoms with E-state index in [0.29, 0.717) is 20.7 Å². The molecule has 3 N–H and O–H groups in total. The Labute approximate surface area is 145 Å². The Morgan fingerprint density at radius 2 is 1.83 bits per heavy atom. The predicted molar refractivity (Wildman–Crippen MR) is 95.4 cm³/mol. The smallest absolute Gasteiger partial charge is 0.272 e. The van der Waals surface area contributed by atoms with Gasteiger partial charge >= 0.3 is 0 Å². The molecule has 0 atom stereocenters. The molecule has 1 amide bonds. The van der Waals surface area contributed by atoms with Crippen molar-refractivity contribution in [2.24, 2.45) is 10.8 Å². The Morgan fingerprint density at radius 1 is 1.13 bits per heavy atom. The summed E-state index contributed by atoms with van der Waals surface area (Å²) in [5, 5.41) is 5.24. The van der Waals surface area contributed by atoms with E-state index in [9.17, 15) is 4.79 Å². The Morgan fingerprint density at radius 3 is 2.48 bits per heavy atom. The molecular formula is C15H10Cl2N4OS. The first-order chi connectivity index (χ1) is 11.1. The van der Waals surface area contributed by atoms with Crippen LogP contribution in [0.3, 0.4) is 0 Å². The van der Waals surface area contributed by atoms with Gasteiger partial charge in [0, 0.05) is 0 Å². The van der Waals surface area contributed by atoms with Gasteiger partial charge in [-0.15, -0.1) is 11.3 Å². The van der Waals surface area contributed by atoms with Crippen molar-refractivity contribution in [3.05, 3.63) is 57.5 Å². The van der Waals surface area contributed by atoms with E-state index in [-0.39, 0.29) is 5.71 Å². The van der Waals surface area contributed by atoms with Crippen molar-refractivity contribution in [1.82, 2.24) is 4.98 Å². The molecular weight excluding hydrogens is 355 g/mol. The number of hydrogen-bond donors (Lipinski definition) is 2. The van der Waals surface area contributed by atoms with E-state index in [2.05, 4.69) is 15.5 Å². The number of anilines is 1. The van der Waals surface area contributed by atoms with E-state index >= 15 is 0 Å². The number of nitrogens with one attached hydrogen (secondary N) is 1. The highest BCUT2D eigenvalue weighted by Crippen LogP contribution is 2.30. The van der Waals surface area contributed by atoms with E-state index in [1.54, 1.807) is 18.2 Å². The number of aromatic nitrogens is 1. The number of benzene rings is 2. The number of carbonyl (C=O) groups excluding carboxylic acids is 1. The number of nitrogens with zero attached hydrogens (tertiary/aromatic N) is 2. The number of fused-ring (bicyclic) bond motifs is 1. The minimum atomic E-state index is -0.695. The van der Waals surface area contributed by atoms with Gasteiger partial charge < -0.3 is 5.73 Å². The molecule has 23 heavy (non-hydrogen) atoms. The molecule has 0 spiro atoms. The number of thiazole rings is 1. The molecule has 0 aliphatic carbocycles. The van der Waals surface area contributed by atoms with Gasteiger partial charge in [-0.25, -0.2) is 4.98 Å². The molecule has 0 saturated carbocycles. The summed E-state index contributed by atoms with van der Waals surface area (Å²) in [6.07, 6.45) is 0. The first-order valence-electron chi connectivity index (χ1n) is 6.49. The number of rotatable bonds is 4. The van der Waals surface area contributed by atoms with Crippen LogP contribution in [0.1, 0.15) is 5.01 Å². The first kappa shape index (κ1) is 15.7. The molecule has 0 saturated heterocycles. The molecule has 0 fully saturated rings. The molecule has 3 rings (SSSR count). The van der Waals surface area contributed by atoms with Gasteiger partial charge in [0.15, 0.2) is 10.7 Å². The number of carbonyl (C=O) groups is 1. The Bertz CT molecular complexity index is 869. The summed E-state index contributed by atoms with van der Waals surface area (Å²) in [5.41, 5.74) is 9.31. The highest BCUT2D eigenvalue weighted by atomic mass is 35.5. The van der Waals surface area contributed by atoms with Gasteiger partial charge in [-0.1, -0.05) is 41.4 Å². The third-order valence-electron chi connectivity index (χ3n) is 2.97. The number of hydrazone groups is 1. The van der Waals surface area contributed by atoms with Crippen molar-refractivity contribution in [2.75, 3.05) is 5.43 Å². The topological polar surface area (TPSA) is 80.4 Å². The van der Waals surface area contributed by atoms with E-state index in [4.69, 9.17) is 28.9 Å². The largest absolute Gasteiger partial charge is 0.364 e. The molecule has 0 radical (unpaired) electrons. The number of nitrogens with two attached hydrogens (primary N) is 1. The van der Waals surface area contributed by atoms with Gasteiger partial charge in [-0.05, 0) is 24.3 Å². The zero-order valence-electron chi connectivity index (χ0n) is 11.6. The summed E-state index contributed by atoms with van der Waals surface area (Å²) in [7, 11) is 0. The standard InChI is InChI=1S/C15H10Cl2N4OS/c16-8-4-3-5-9(17)12(8)20-21-13(14(18)22)15-19-10-6-1-2-7-11(10)23-15/h1-7,20H,(H2,18,22). The van der Waals surface area contributed by atoms with Crippen LogP contribution in [0.5, 0.6) is 0 Å². The molecule has 1 heterocycles. The normalized spacial score (nSPS) is 11.7. The number of primary amides is 1. The van der Waals surface area contributed by atoms with Gasteiger partial charge in [0.2, 0.25) is 0 Å². The molecule has 0 aliphatic heterocycles. The molecule has 0 bridgehead atoms. The lowest BCUT2D eigenvalue weighted by atomic mass is 10.3. The maximum atomic E-state index is 11.7. The summed E-state index contributed by atoms with van der Waals surface area (Å²) in [5.74, 6) is -0.695. The quantitative estimate of drug-likeness (QED) is 0.544. The van der Waals surface area contributed by atoms with Gasteiger partial charge in [0.1, 0.15) is 0 Å². The van der Waals surface area contributed by atoms with Gasteiger partial charge in [-0.3, -0.25) is 10.2 Å². The highest BCUT2D eigenvalue weighted by Gasteiger charge is 2.16. The number of halogens is 2. The van der Waals surface area contributed by atoms with Crippen LogP contribution < -0.4 is 11.2 Å². The fourth-order valence-corrected chi connectivity index (χ4v) is 3.34. The summed E-state index contributed by atoms with van der Waals surface area (Å²) in [6, 6.07) is 12.6. The van der Waals surface area contributed by atoms with Crippen LogP contribution in [-0.4, -0.2) is 16.6 Å². The van der Waals surface area contributed by atoms with Crippen molar-refractivity contribution in [2.45, 2.75) is 0 Å². The summed E-state index contributed by atoms with van der Waals surface area (Å²) in [4.78, 5) is 16.1. The molecule has 1 aromatic heterocycles. The lowest BCUT2D eigenvalue weighted by Crippen LogP contribution is -2.25. The van der Waals surface area contributed by atoms with Crippen LogP contribution in [0.15, 0.2) is 47.6 Å². The molecule has 8 heteroatoms. The zero-order chi connectivity index (χ0) is 16.4. The number of hydrogen-bond acceptors (Lipinski definition) is 5. The van der Waals surface area contributed by atoms with Crippen molar-refractivity contribution in [3.8, 4) is 0 Å². The second-order valence-electron chi connectivity index (χ2n) is 4.52. The van der Waals surface area contributed by atoms with Crippen molar-refractivity contribution >= 4 is 62.1 Å². The molecule has 2 aromatic carbocycles. The van der Waals surface area contributed by atoms with Gasteiger partial charge in [0.25, 0.3) is 5.91 Å². The molecule has 0 aliphatic rings. The van der Waals surface area contributed by atoms with E-state index < -0.39 is 5.91 Å². The van der Waals surface area contributed by atoms with Gasteiger partial charge in [-0.2, -0.15) is 5.10 Å². The minimum Gasteiger partial charge on any atom is -0.364 e. The van der Waals surface area contributed by atoms with Crippen molar-refractivity contribution in [1.29, 1.82) is 0 Å². The Balaban J connectivity index is 2.00. The second kappa shape index (κ2) is 6.54. The third kappa shape index (κ3) is 3.29. The van der Waals surface area contributed by atoms with Crippen LogP contribution >= 0.6 is 34.5 Å². The molecule has 5 nitrogen and oxygen atoms in total. The fourth-order valence-electron chi connectivity index (χ4n) is 1.90.